The average Bonchev–Trinajstić information content (AvgIpc) is 2.94. The Hall–Kier alpha value is -0.610. The number of nitrogens with one attached hydrogen (secondary N) is 1. The lowest BCUT2D eigenvalue weighted by Crippen LogP contribution is -2.10. The average molecular weight is 311 g/mol. The molecule has 0 atom stereocenters. The third-order valence-corrected chi connectivity index (χ3v) is 4.85. The summed E-state index contributed by atoms with van der Waals surface area (Å²) in [7, 11) is 0. The van der Waals surface area contributed by atoms with E-state index in [9.17, 15) is 0 Å². The van der Waals surface area contributed by atoms with Gasteiger partial charge in [0, 0.05) is 11.0 Å². The van der Waals surface area contributed by atoms with Gasteiger partial charge in [-0.3, -0.25) is 0 Å². The minimum absolute atomic E-state index is 0.855. The summed E-state index contributed by atoms with van der Waals surface area (Å²) < 4.78 is 2.35. The highest BCUT2D eigenvalue weighted by Gasteiger charge is 2.15. The maximum Gasteiger partial charge on any atom is 0.183 e. The van der Waals surface area contributed by atoms with Gasteiger partial charge in [0.1, 0.15) is 0 Å². The summed E-state index contributed by atoms with van der Waals surface area (Å²) >= 11 is 5.23. The molecule has 90 valence electrons. The summed E-state index contributed by atoms with van der Waals surface area (Å²) in [6, 6.07) is 6.27. The Kier molecular flexibility index (Phi) is 3.34. The van der Waals surface area contributed by atoms with Gasteiger partial charge in [-0.1, -0.05) is 40.1 Å². The van der Waals surface area contributed by atoms with E-state index >= 15 is 0 Å². The normalized spacial score (nSPS) is 16.8. The number of halogens is 1. The molecule has 0 spiro atoms. The van der Waals surface area contributed by atoms with Crippen molar-refractivity contribution in [2.45, 2.75) is 25.7 Å². The molecule has 2 aromatic rings. The fourth-order valence-electron chi connectivity index (χ4n) is 2.42. The molecule has 0 bridgehead atoms. The van der Waals surface area contributed by atoms with Crippen LogP contribution in [0.5, 0.6) is 0 Å². The number of thiazole rings is 1. The number of hydrogen-bond donors (Lipinski definition) is 1. The molecule has 0 aliphatic heterocycles. The van der Waals surface area contributed by atoms with E-state index in [1.807, 2.05) is 0 Å². The molecule has 0 saturated heterocycles. The fraction of sp³-hybridized carbons (Fsp3) is 0.462. The summed E-state index contributed by atoms with van der Waals surface area (Å²) in [5.41, 5.74) is 1.08. The van der Waals surface area contributed by atoms with Crippen molar-refractivity contribution in [1.82, 2.24) is 4.98 Å². The second kappa shape index (κ2) is 4.94. The van der Waals surface area contributed by atoms with E-state index in [1.165, 1.54) is 30.4 Å². The highest BCUT2D eigenvalue weighted by atomic mass is 79.9. The van der Waals surface area contributed by atoms with Gasteiger partial charge in [0.25, 0.3) is 0 Å². The van der Waals surface area contributed by atoms with Crippen molar-refractivity contribution in [2.75, 3.05) is 11.9 Å². The second-order valence-electron chi connectivity index (χ2n) is 4.66. The van der Waals surface area contributed by atoms with Gasteiger partial charge in [0.15, 0.2) is 5.13 Å². The molecule has 3 rings (SSSR count). The van der Waals surface area contributed by atoms with Gasteiger partial charge in [0.05, 0.1) is 10.2 Å². The van der Waals surface area contributed by atoms with Crippen molar-refractivity contribution >= 4 is 42.6 Å². The van der Waals surface area contributed by atoms with Crippen LogP contribution >= 0.6 is 27.3 Å². The Labute approximate surface area is 114 Å². The van der Waals surface area contributed by atoms with Crippen LogP contribution < -0.4 is 5.32 Å². The van der Waals surface area contributed by atoms with Crippen LogP contribution in [-0.4, -0.2) is 11.5 Å². The quantitative estimate of drug-likeness (QED) is 0.891. The fourth-order valence-corrected chi connectivity index (χ4v) is 3.62. The summed E-state index contributed by atoms with van der Waals surface area (Å²) in [6.45, 7) is 1.08. The zero-order chi connectivity index (χ0) is 11.7. The highest BCUT2D eigenvalue weighted by Crippen LogP contribution is 2.30. The first kappa shape index (κ1) is 11.5. The number of rotatable bonds is 3. The van der Waals surface area contributed by atoms with Gasteiger partial charge in [0.2, 0.25) is 0 Å². The minimum Gasteiger partial charge on any atom is -0.361 e. The van der Waals surface area contributed by atoms with Crippen molar-refractivity contribution < 1.29 is 0 Å². The first-order valence-corrected chi connectivity index (χ1v) is 7.72. The molecular formula is C13H15BrN2S. The zero-order valence-electron chi connectivity index (χ0n) is 9.58. The Morgan fingerprint density at radius 2 is 2.18 bits per heavy atom. The van der Waals surface area contributed by atoms with Crippen molar-refractivity contribution in [3.05, 3.63) is 22.7 Å². The zero-order valence-corrected chi connectivity index (χ0v) is 12.0. The number of benzene rings is 1. The molecule has 1 aliphatic carbocycles. The van der Waals surface area contributed by atoms with Crippen molar-refractivity contribution in [3.63, 3.8) is 0 Å². The van der Waals surface area contributed by atoms with E-state index in [0.717, 1.165) is 27.6 Å². The third-order valence-electron chi connectivity index (χ3n) is 3.37. The van der Waals surface area contributed by atoms with E-state index in [-0.39, 0.29) is 0 Å². The molecule has 17 heavy (non-hydrogen) atoms. The number of fused-ring (bicyclic) bond motifs is 1. The largest absolute Gasteiger partial charge is 0.361 e. The van der Waals surface area contributed by atoms with Crippen LogP contribution in [0.1, 0.15) is 25.7 Å². The van der Waals surface area contributed by atoms with Crippen LogP contribution in [0.15, 0.2) is 22.7 Å². The molecular weight excluding hydrogens is 296 g/mol. The summed E-state index contributed by atoms with van der Waals surface area (Å²) in [4.78, 5) is 4.61. The Morgan fingerprint density at radius 3 is 3.00 bits per heavy atom. The van der Waals surface area contributed by atoms with E-state index < -0.39 is 0 Å². The van der Waals surface area contributed by atoms with E-state index in [1.54, 1.807) is 11.3 Å². The Balaban J connectivity index is 1.72. The number of nitrogens with zero attached hydrogens (tertiary/aromatic N) is 1. The lowest BCUT2D eigenvalue weighted by Gasteiger charge is -2.08. The van der Waals surface area contributed by atoms with E-state index in [2.05, 4.69) is 44.4 Å². The molecule has 0 radical (unpaired) electrons. The van der Waals surface area contributed by atoms with Crippen LogP contribution in [0, 0.1) is 5.92 Å². The molecule has 1 aliphatic rings. The molecule has 1 aromatic carbocycles. The van der Waals surface area contributed by atoms with E-state index in [0.29, 0.717) is 0 Å². The smallest absolute Gasteiger partial charge is 0.183 e. The Bertz CT molecular complexity index is 517. The van der Waals surface area contributed by atoms with Gasteiger partial charge < -0.3 is 5.32 Å². The summed E-state index contributed by atoms with van der Waals surface area (Å²) in [5.74, 6) is 0.855. The number of anilines is 1. The van der Waals surface area contributed by atoms with Gasteiger partial charge >= 0.3 is 0 Å². The monoisotopic (exact) mass is 310 g/mol. The summed E-state index contributed by atoms with van der Waals surface area (Å²) in [6.07, 6.45) is 5.56. The Morgan fingerprint density at radius 1 is 1.35 bits per heavy atom. The highest BCUT2D eigenvalue weighted by molar-refractivity contribution is 9.10. The molecule has 1 saturated carbocycles. The van der Waals surface area contributed by atoms with Crippen LogP contribution in [-0.2, 0) is 0 Å². The lowest BCUT2D eigenvalue weighted by molar-refractivity contribution is 0.580. The number of hydrogen-bond acceptors (Lipinski definition) is 3. The van der Waals surface area contributed by atoms with Crippen molar-refractivity contribution in [2.24, 2.45) is 5.92 Å². The lowest BCUT2D eigenvalue weighted by atomic mass is 10.1. The standard InChI is InChI=1S/C13H15BrN2S/c14-10-5-6-12-11(7-10)16-13(17-12)15-8-9-3-1-2-4-9/h5-7,9H,1-4,8H2,(H,15,16). The first-order valence-electron chi connectivity index (χ1n) is 6.11. The molecule has 0 unspecified atom stereocenters. The predicted molar refractivity (Wildman–Crippen MR) is 77.8 cm³/mol. The summed E-state index contributed by atoms with van der Waals surface area (Å²) in [5, 5.41) is 4.55. The van der Waals surface area contributed by atoms with Crippen LogP contribution in [0.4, 0.5) is 5.13 Å². The molecule has 4 heteroatoms. The van der Waals surface area contributed by atoms with Crippen molar-refractivity contribution in [3.8, 4) is 0 Å². The first-order chi connectivity index (χ1) is 8.31. The van der Waals surface area contributed by atoms with E-state index in [4.69, 9.17) is 0 Å². The molecule has 1 aromatic heterocycles. The van der Waals surface area contributed by atoms with Crippen molar-refractivity contribution in [1.29, 1.82) is 0 Å². The second-order valence-corrected chi connectivity index (χ2v) is 6.61. The molecule has 0 amide bonds. The maximum absolute atomic E-state index is 4.61. The number of aromatic nitrogens is 1. The molecule has 1 fully saturated rings. The van der Waals surface area contributed by atoms with Gasteiger partial charge in [-0.05, 0) is 37.0 Å². The molecule has 1 heterocycles. The predicted octanol–water partition coefficient (Wildman–Crippen LogP) is 4.66. The van der Waals surface area contributed by atoms with Gasteiger partial charge in [-0.25, -0.2) is 4.98 Å². The maximum atomic E-state index is 4.61. The van der Waals surface area contributed by atoms with Gasteiger partial charge in [-0.2, -0.15) is 0 Å². The third kappa shape index (κ3) is 2.63. The van der Waals surface area contributed by atoms with Crippen LogP contribution in [0.25, 0.3) is 10.2 Å². The van der Waals surface area contributed by atoms with Gasteiger partial charge in [-0.15, -0.1) is 0 Å². The molecule has 2 nitrogen and oxygen atoms in total. The van der Waals surface area contributed by atoms with Crippen LogP contribution in [0.3, 0.4) is 0 Å². The minimum atomic E-state index is 0.855. The topological polar surface area (TPSA) is 24.9 Å². The van der Waals surface area contributed by atoms with Crippen LogP contribution in [0.2, 0.25) is 0 Å². The SMILES string of the molecule is Brc1ccc2sc(NCC3CCCC3)nc2c1. The molecule has 1 N–H and O–H groups in total.